The summed E-state index contributed by atoms with van der Waals surface area (Å²) in [6, 6.07) is 11.0. The maximum atomic E-state index is 12.4. The Hall–Kier alpha value is -3.68. The van der Waals surface area contributed by atoms with Gasteiger partial charge < -0.3 is 19.5 Å². The first-order valence-corrected chi connectivity index (χ1v) is 9.38. The summed E-state index contributed by atoms with van der Waals surface area (Å²) in [5, 5.41) is 2.87. The van der Waals surface area contributed by atoms with Crippen molar-refractivity contribution in [2.24, 2.45) is 0 Å². The molecule has 3 heterocycles. The van der Waals surface area contributed by atoms with E-state index in [0.717, 1.165) is 11.3 Å². The second kappa shape index (κ2) is 8.14. The Bertz CT molecular complexity index is 993. The number of hydrogen-bond acceptors (Lipinski definition) is 6. The van der Waals surface area contributed by atoms with Crippen molar-refractivity contribution in [1.82, 2.24) is 14.9 Å². The van der Waals surface area contributed by atoms with Crippen LogP contribution in [-0.4, -0.2) is 52.9 Å². The van der Waals surface area contributed by atoms with Crippen LogP contribution in [0.15, 0.2) is 59.5 Å². The van der Waals surface area contributed by atoms with Crippen molar-refractivity contribution in [3.8, 4) is 0 Å². The van der Waals surface area contributed by atoms with E-state index in [1.807, 2.05) is 36.1 Å². The number of rotatable bonds is 4. The van der Waals surface area contributed by atoms with Crippen molar-refractivity contribution in [3.63, 3.8) is 0 Å². The third kappa shape index (κ3) is 4.11. The van der Waals surface area contributed by atoms with Crippen LogP contribution in [0.25, 0.3) is 0 Å². The molecule has 3 aromatic rings. The normalized spacial score (nSPS) is 14.0. The summed E-state index contributed by atoms with van der Waals surface area (Å²) >= 11 is 0. The average Bonchev–Trinajstić information content (AvgIpc) is 3.30. The van der Waals surface area contributed by atoms with Crippen LogP contribution < -0.4 is 10.2 Å². The van der Waals surface area contributed by atoms with Gasteiger partial charge in [-0.15, -0.1) is 0 Å². The van der Waals surface area contributed by atoms with Crippen LogP contribution in [0.5, 0.6) is 0 Å². The van der Waals surface area contributed by atoms with Crippen molar-refractivity contribution in [2.45, 2.75) is 6.92 Å². The van der Waals surface area contributed by atoms with Crippen LogP contribution in [0.4, 0.5) is 11.6 Å². The van der Waals surface area contributed by atoms with Gasteiger partial charge in [0.1, 0.15) is 0 Å². The molecule has 1 saturated heterocycles. The number of benzene rings is 1. The summed E-state index contributed by atoms with van der Waals surface area (Å²) in [6.45, 7) is 4.27. The monoisotopic (exact) mass is 391 g/mol. The fourth-order valence-electron chi connectivity index (χ4n) is 3.18. The molecular formula is C21H21N5O3. The van der Waals surface area contributed by atoms with E-state index in [2.05, 4.69) is 15.3 Å². The number of piperazine rings is 1. The third-order valence-corrected chi connectivity index (χ3v) is 4.88. The van der Waals surface area contributed by atoms with Gasteiger partial charge in [0.15, 0.2) is 5.76 Å². The highest BCUT2D eigenvalue weighted by Gasteiger charge is 2.25. The molecule has 1 aliphatic heterocycles. The standard InChI is InChI=1S/C21H21N5O3/c1-15-5-2-3-6-17(15)24-19(27)16-13-22-21(23-14-16)26-10-8-25(9-11-26)20(28)18-7-4-12-29-18/h2-7,12-14H,8-11H2,1H3,(H,24,27). The van der Waals surface area contributed by atoms with E-state index < -0.39 is 0 Å². The number of anilines is 2. The highest BCUT2D eigenvalue weighted by Crippen LogP contribution is 2.16. The minimum Gasteiger partial charge on any atom is -0.459 e. The number of carbonyl (C=O) groups excluding carboxylic acids is 2. The highest BCUT2D eigenvalue weighted by atomic mass is 16.3. The molecule has 8 heteroatoms. The number of amides is 2. The number of furan rings is 1. The molecule has 1 aliphatic rings. The van der Waals surface area contributed by atoms with Crippen molar-refractivity contribution in [3.05, 3.63) is 71.9 Å². The van der Waals surface area contributed by atoms with Crippen molar-refractivity contribution < 1.29 is 14.0 Å². The Labute approximate surface area is 168 Å². The molecule has 0 saturated carbocycles. The predicted octanol–water partition coefficient (Wildman–Crippen LogP) is 2.59. The zero-order chi connectivity index (χ0) is 20.2. The van der Waals surface area contributed by atoms with Gasteiger partial charge in [0.2, 0.25) is 5.95 Å². The second-order valence-electron chi connectivity index (χ2n) is 6.80. The molecular weight excluding hydrogens is 370 g/mol. The van der Waals surface area contributed by atoms with E-state index in [1.54, 1.807) is 17.0 Å². The van der Waals surface area contributed by atoms with Crippen LogP contribution in [-0.2, 0) is 0 Å². The molecule has 1 N–H and O–H groups in total. The summed E-state index contributed by atoms with van der Waals surface area (Å²) in [6.07, 6.45) is 4.54. The lowest BCUT2D eigenvalue weighted by molar-refractivity contribution is 0.0714. The first-order valence-electron chi connectivity index (χ1n) is 9.38. The smallest absolute Gasteiger partial charge is 0.289 e. The predicted molar refractivity (Wildman–Crippen MR) is 108 cm³/mol. The third-order valence-electron chi connectivity index (χ3n) is 4.88. The molecule has 8 nitrogen and oxygen atoms in total. The zero-order valence-electron chi connectivity index (χ0n) is 16.0. The van der Waals surface area contributed by atoms with Crippen LogP contribution in [0.3, 0.4) is 0 Å². The van der Waals surface area contributed by atoms with Crippen molar-refractivity contribution in [2.75, 3.05) is 36.4 Å². The number of para-hydroxylation sites is 1. The topological polar surface area (TPSA) is 91.6 Å². The minimum atomic E-state index is -0.250. The molecule has 2 aromatic heterocycles. The maximum Gasteiger partial charge on any atom is 0.289 e. The van der Waals surface area contributed by atoms with Gasteiger partial charge in [0, 0.05) is 44.3 Å². The molecule has 0 radical (unpaired) electrons. The number of nitrogens with zero attached hydrogens (tertiary/aromatic N) is 4. The molecule has 1 aromatic carbocycles. The summed E-state index contributed by atoms with van der Waals surface area (Å²) in [4.78, 5) is 37.2. The Morgan fingerprint density at radius 3 is 2.38 bits per heavy atom. The van der Waals surface area contributed by atoms with E-state index >= 15 is 0 Å². The minimum absolute atomic E-state index is 0.112. The van der Waals surface area contributed by atoms with Gasteiger partial charge in [-0.1, -0.05) is 18.2 Å². The Kier molecular flexibility index (Phi) is 5.24. The van der Waals surface area contributed by atoms with Crippen LogP contribution in [0.1, 0.15) is 26.5 Å². The van der Waals surface area contributed by atoms with Crippen molar-refractivity contribution in [1.29, 1.82) is 0 Å². The Balaban J connectivity index is 1.35. The maximum absolute atomic E-state index is 12.4. The fourth-order valence-corrected chi connectivity index (χ4v) is 3.18. The van der Waals surface area contributed by atoms with Gasteiger partial charge in [0.25, 0.3) is 11.8 Å². The largest absolute Gasteiger partial charge is 0.459 e. The van der Waals surface area contributed by atoms with E-state index in [0.29, 0.717) is 43.5 Å². The summed E-state index contributed by atoms with van der Waals surface area (Å²) < 4.78 is 5.18. The summed E-state index contributed by atoms with van der Waals surface area (Å²) in [7, 11) is 0. The van der Waals surface area contributed by atoms with Crippen LogP contribution in [0.2, 0.25) is 0 Å². The summed E-state index contributed by atoms with van der Waals surface area (Å²) in [5.74, 6) is 0.528. The number of aryl methyl sites for hydroxylation is 1. The highest BCUT2D eigenvalue weighted by molar-refractivity contribution is 6.04. The molecule has 4 rings (SSSR count). The molecule has 0 unspecified atom stereocenters. The zero-order valence-corrected chi connectivity index (χ0v) is 16.0. The Morgan fingerprint density at radius 1 is 1.00 bits per heavy atom. The molecule has 29 heavy (non-hydrogen) atoms. The van der Waals surface area contributed by atoms with E-state index in [4.69, 9.17) is 4.42 Å². The van der Waals surface area contributed by atoms with Crippen LogP contribution >= 0.6 is 0 Å². The fraction of sp³-hybridized carbons (Fsp3) is 0.238. The van der Waals surface area contributed by atoms with Gasteiger partial charge in [-0.05, 0) is 30.7 Å². The number of carbonyl (C=O) groups is 2. The van der Waals surface area contributed by atoms with Gasteiger partial charge in [-0.3, -0.25) is 9.59 Å². The molecule has 1 fully saturated rings. The van der Waals surface area contributed by atoms with Gasteiger partial charge in [0.05, 0.1) is 11.8 Å². The van der Waals surface area contributed by atoms with E-state index in [1.165, 1.54) is 18.7 Å². The second-order valence-corrected chi connectivity index (χ2v) is 6.80. The number of aromatic nitrogens is 2. The SMILES string of the molecule is Cc1ccccc1NC(=O)c1cnc(N2CCN(C(=O)c3ccco3)CC2)nc1. The molecule has 0 aliphatic carbocycles. The lowest BCUT2D eigenvalue weighted by Crippen LogP contribution is -2.49. The summed E-state index contributed by atoms with van der Waals surface area (Å²) in [5.41, 5.74) is 2.14. The van der Waals surface area contributed by atoms with E-state index in [-0.39, 0.29) is 11.8 Å². The molecule has 0 spiro atoms. The molecule has 0 bridgehead atoms. The van der Waals surface area contributed by atoms with Gasteiger partial charge >= 0.3 is 0 Å². The lowest BCUT2D eigenvalue weighted by Gasteiger charge is -2.34. The first-order chi connectivity index (χ1) is 14.1. The number of nitrogens with one attached hydrogen (secondary N) is 1. The quantitative estimate of drug-likeness (QED) is 0.735. The van der Waals surface area contributed by atoms with Gasteiger partial charge in [-0.2, -0.15) is 0 Å². The first kappa shape index (κ1) is 18.7. The molecule has 2 amide bonds. The molecule has 0 atom stereocenters. The Morgan fingerprint density at radius 2 is 1.72 bits per heavy atom. The molecule has 148 valence electrons. The van der Waals surface area contributed by atoms with Gasteiger partial charge in [-0.25, -0.2) is 9.97 Å². The number of hydrogen-bond donors (Lipinski definition) is 1. The average molecular weight is 391 g/mol. The van der Waals surface area contributed by atoms with Crippen molar-refractivity contribution >= 4 is 23.5 Å². The van der Waals surface area contributed by atoms with Crippen LogP contribution in [0, 0.1) is 6.92 Å². The lowest BCUT2D eigenvalue weighted by atomic mass is 10.2. The van der Waals surface area contributed by atoms with E-state index in [9.17, 15) is 9.59 Å².